The van der Waals surface area contributed by atoms with Crippen LogP contribution in [0.4, 0.5) is 0 Å². The minimum Gasteiger partial charge on any atom is -0.326 e. The van der Waals surface area contributed by atoms with Gasteiger partial charge in [0.2, 0.25) is 0 Å². The van der Waals surface area contributed by atoms with E-state index in [-0.39, 0.29) is 12.0 Å². The summed E-state index contributed by atoms with van der Waals surface area (Å²) in [5.41, 5.74) is 6.12. The first-order chi connectivity index (χ1) is 7.57. The van der Waals surface area contributed by atoms with Gasteiger partial charge >= 0.3 is 0 Å². The zero-order valence-corrected chi connectivity index (χ0v) is 10.6. The highest BCUT2D eigenvalue weighted by atomic mass is 32.2. The molecule has 5 heteroatoms. The number of rotatable bonds is 3. The van der Waals surface area contributed by atoms with E-state index in [1.807, 2.05) is 0 Å². The van der Waals surface area contributed by atoms with Gasteiger partial charge in [0.05, 0.1) is 11.5 Å². The summed E-state index contributed by atoms with van der Waals surface area (Å²) in [5.74, 6) is 0.833. The first-order valence-electron chi connectivity index (χ1n) is 6.25. The third kappa shape index (κ3) is 3.18. The van der Waals surface area contributed by atoms with Gasteiger partial charge in [0.1, 0.15) is 0 Å². The van der Waals surface area contributed by atoms with Crippen molar-refractivity contribution >= 4 is 9.84 Å². The average molecular weight is 246 g/mol. The molecule has 0 aromatic rings. The van der Waals surface area contributed by atoms with Gasteiger partial charge in [-0.05, 0) is 38.3 Å². The molecule has 2 fully saturated rings. The lowest BCUT2D eigenvalue weighted by Gasteiger charge is -2.30. The van der Waals surface area contributed by atoms with Crippen molar-refractivity contribution in [3.05, 3.63) is 0 Å². The van der Waals surface area contributed by atoms with Gasteiger partial charge in [0.25, 0.3) is 0 Å². The molecule has 0 aromatic heterocycles. The molecular formula is C11H22N2O2S. The molecule has 2 unspecified atom stereocenters. The monoisotopic (exact) mass is 246 g/mol. The second-order valence-corrected chi connectivity index (χ2v) is 7.42. The molecule has 2 atom stereocenters. The Bertz CT molecular complexity index is 323. The molecule has 2 heterocycles. The van der Waals surface area contributed by atoms with Gasteiger partial charge in [-0.15, -0.1) is 0 Å². The Kier molecular flexibility index (Phi) is 3.87. The summed E-state index contributed by atoms with van der Waals surface area (Å²) in [4.78, 5) is 2.39. The lowest BCUT2D eigenvalue weighted by molar-refractivity contribution is 0.200. The average Bonchev–Trinajstić information content (AvgIpc) is 2.60. The Balaban J connectivity index is 1.81. The van der Waals surface area contributed by atoms with Crippen LogP contribution >= 0.6 is 0 Å². The standard InChI is InChI=1S/C11H22N2O2S/c12-11(8-13-5-2-1-3-6-13)10-4-7-16(14,15)9-10/h10-11H,1-9,12H2. The fourth-order valence-corrected chi connectivity index (χ4v) is 4.65. The Hall–Kier alpha value is -0.130. The Labute approximate surface area is 98.1 Å². The smallest absolute Gasteiger partial charge is 0.150 e. The molecule has 0 amide bonds. The number of hydrogen-bond donors (Lipinski definition) is 1. The van der Waals surface area contributed by atoms with E-state index < -0.39 is 9.84 Å². The number of likely N-dealkylation sites (tertiary alicyclic amines) is 1. The number of sulfone groups is 1. The molecule has 2 N–H and O–H groups in total. The first-order valence-corrected chi connectivity index (χ1v) is 8.07. The van der Waals surface area contributed by atoms with Crippen molar-refractivity contribution in [2.75, 3.05) is 31.1 Å². The van der Waals surface area contributed by atoms with Crippen LogP contribution in [0.1, 0.15) is 25.7 Å². The quantitative estimate of drug-likeness (QED) is 0.774. The third-order valence-electron chi connectivity index (χ3n) is 3.79. The van der Waals surface area contributed by atoms with E-state index in [1.165, 1.54) is 19.3 Å². The Morgan fingerprint density at radius 2 is 1.94 bits per heavy atom. The summed E-state index contributed by atoms with van der Waals surface area (Å²) in [6.45, 7) is 3.14. The predicted molar refractivity (Wildman–Crippen MR) is 65.0 cm³/mol. The molecule has 2 rings (SSSR count). The van der Waals surface area contributed by atoms with Gasteiger partial charge in [0.15, 0.2) is 9.84 Å². The lowest BCUT2D eigenvalue weighted by atomic mass is 9.99. The highest BCUT2D eigenvalue weighted by molar-refractivity contribution is 7.91. The molecule has 2 aliphatic rings. The summed E-state index contributed by atoms with van der Waals surface area (Å²) in [5, 5.41) is 0. The van der Waals surface area contributed by atoms with Crippen LogP contribution in [0.15, 0.2) is 0 Å². The van der Waals surface area contributed by atoms with Crippen LogP contribution in [0.2, 0.25) is 0 Å². The van der Waals surface area contributed by atoms with Crippen molar-refractivity contribution in [1.29, 1.82) is 0 Å². The largest absolute Gasteiger partial charge is 0.326 e. The van der Waals surface area contributed by atoms with Gasteiger partial charge in [-0.3, -0.25) is 0 Å². The Morgan fingerprint density at radius 1 is 1.25 bits per heavy atom. The van der Waals surface area contributed by atoms with E-state index >= 15 is 0 Å². The fraction of sp³-hybridized carbons (Fsp3) is 1.00. The molecule has 16 heavy (non-hydrogen) atoms. The SMILES string of the molecule is NC(CN1CCCCC1)C1CCS(=O)(=O)C1. The topological polar surface area (TPSA) is 63.4 Å². The molecule has 0 bridgehead atoms. The third-order valence-corrected chi connectivity index (χ3v) is 5.58. The molecule has 94 valence electrons. The molecule has 0 radical (unpaired) electrons. The van der Waals surface area contributed by atoms with Crippen molar-refractivity contribution in [1.82, 2.24) is 4.90 Å². The first kappa shape index (κ1) is 12.3. The second-order valence-electron chi connectivity index (χ2n) is 5.19. The summed E-state index contributed by atoms with van der Waals surface area (Å²) in [6.07, 6.45) is 4.60. The molecule has 0 spiro atoms. The predicted octanol–water partition coefficient (Wildman–Crippen LogP) is 0.234. The van der Waals surface area contributed by atoms with Crippen molar-refractivity contribution < 1.29 is 8.42 Å². The zero-order valence-electron chi connectivity index (χ0n) is 9.77. The maximum absolute atomic E-state index is 11.4. The molecule has 2 saturated heterocycles. The number of nitrogens with two attached hydrogens (primary N) is 1. The summed E-state index contributed by atoms with van der Waals surface area (Å²) >= 11 is 0. The van der Waals surface area contributed by atoms with E-state index in [4.69, 9.17) is 5.73 Å². The van der Waals surface area contributed by atoms with Crippen LogP contribution in [0.5, 0.6) is 0 Å². The minimum absolute atomic E-state index is 0.0374. The maximum Gasteiger partial charge on any atom is 0.150 e. The number of hydrogen-bond acceptors (Lipinski definition) is 4. The van der Waals surface area contributed by atoms with E-state index in [2.05, 4.69) is 4.90 Å². The van der Waals surface area contributed by atoms with E-state index in [1.54, 1.807) is 0 Å². The van der Waals surface area contributed by atoms with Crippen LogP contribution in [-0.4, -0.2) is 50.5 Å². The summed E-state index contributed by atoms with van der Waals surface area (Å²) in [6, 6.07) is 0.0374. The van der Waals surface area contributed by atoms with Gasteiger partial charge in [-0.1, -0.05) is 6.42 Å². The van der Waals surface area contributed by atoms with Gasteiger partial charge in [0, 0.05) is 12.6 Å². The molecule has 0 aliphatic carbocycles. The van der Waals surface area contributed by atoms with Crippen LogP contribution in [0.3, 0.4) is 0 Å². The van der Waals surface area contributed by atoms with Crippen molar-refractivity contribution in [3.63, 3.8) is 0 Å². The fourth-order valence-electron chi connectivity index (χ4n) is 2.75. The molecule has 4 nitrogen and oxygen atoms in total. The van der Waals surface area contributed by atoms with E-state index in [0.29, 0.717) is 11.5 Å². The van der Waals surface area contributed by atoms with Crippen LogP contribution in [-0.2, 0) is 9.84 Å². The van der Waals surface area contributed by atoms with Crippen LogP contribution in [0, 0.1) is 5.92 Å². The minimum atomic E-state index is -2.78. The van der Waals surface area contributed by atoms with Crippen molar-refractivity contribution in [3.8, 4) is 0 Å². The highest BCUT2D eigenvalue weighted by Crippen LogP contribution is 2.22. The van der Waals surface area contributed by atoms with Crippen LogP contribution in [0.25, 0.3) is 0 Å². The van der Waals surface area contributed by atoms with Crippen LogP contribution < -0.4 is 5.73 Å². The van der Waals surface area contributed by atoms with Crippen molar-refractivity contribution in [2.45, 2.75) is 31.7 Å². The zero-order chi connectivity index (χ0) is 11.6. The second kappa shape index (κ2) is 5.02. The molecular weight excluding hydrogens is 224 g/mol. The maximum atomic E-state index is 11.4. The van der Waals surface area contributed by atoms with Gasteiger partial charge < -0.3 is 10.6 Å². The van der Waals surface area contributed by atoms with E-state index in [9.17, 15) is 8.42 Å². The van der Waals surface area contributed by atoms with E-state index in [0.717, 1.165) is 26.1 Å². The summed E-state index contributed by atoms with van der Waals surface area (Å²) < 4.78 is 22.7. The normalized spacial score (nSPS) is 32.7. The molecule has 2 aliphatic heterocycles. The number of nitrogens with zero attached hydrogens (tertiary/aromatic N) is 1. The van der Waals surface area contributed by atoms with Crippen molar-refractivity contribution in [2.24, 2.45) is 11.7 Å². The molecule has 0 aromatic carbocycles. The van der Waals surface area contributed by atoms with Gasteiger partial charge in [-0.25, -0.2) is 8.42 Å². The summed E-state index contributed by atoms with van der Waals surface area (Å²) in [7, 11) is -2.78. The number of piperidine rings is 1. The van der Waals surface area contributed by atoms with Gasteiger partial charge in [-0.2, -0.15) is 0 Å². The Morgan fingerprint density at radius 3 is 2.50 bits per heavy atom. The lowest BCUT2D eigenvalue weighted by Crippen LogP contribution is -2.44. The molecule has 0 saturated carbocycles. The highest BCUT2D eigenvalue weighted by Gasteiger charge is 2.32.